The number of benzene rings is 3. The van der Waals surface area contributed by atoms with E-state index in [2.05, 4.69) is 0 Å². The van der Waals surface area contributed by atoms with Crippen LogP contribution in [0.2, 0.25) is 0 Å². The highest BCUT2D eigenvalue weighted by molar-refractivity contribution is 6.32. The summed E-state index contributed by atoms with van der Waals surface area (Å²) < 4.78 is 0. The summed E-state index contributed by atoms with van der Waals surface area (Å²) in [4.78, 5) is 69.5. The monoisotopic (exact) mass is 596 g/mol. The van der Waals surface area contributed by atoms with Crippen LogP contribution in [0, 0.1) is 23.7 Å². The number of hydrogen-bond donors (Lipinski definition) is 4. The zero-order chi connectivity index (χ0) is 31.8. The number of aromatic hydroxyl groups is 1. The van der Waals surface area contributed by atoms with Gasteiger partial charge in [-0.2, -0.15) is 0 Å². The fourth-order valence-electron chi connectivity index (χ4n) is 7.83. The number of nitrogens with zero attached hydrogens (tertiary/aromatic N) is 1. The van der Waals surface area contributed by atoms with Gasteiger partial charge in [0.2, 0.25) is 5.91 Å². The van der Waals surface area contributed by atoms with Gasteiger partial charge in [0.25, 0.3) is 0 Å². The molecule has 1 amide bonds. The standard InChI is InChI=1S/C34H32N2O8/c1-15-20-18(16-10-6-4-7-11-16)14-19(17-12-8-5-9-13-17)27(37)22(20)28(38)23-21(15)29(39)25-26(36(2)3)30(40)24(33(35)43)32(42)34(25,44)31(23)41/h4-15,21,23-26,29,37,39,44H,1-3H3,(H2,35,43)/t15-,21+,23?,24?,25+,26-,29-,34-/m1/s1. The second-order valence-electron chi connectivity index (χ2n) is 12.2. The van der Waals surface area contributed by atoms with Crippen LogP contribution < -0.4 is 5.73 Å². The predicted octanol–water partition coefficient (Wildman–Crippen LogP) is 1.73. The Morgan fingerprint density at radius 2 is 1.43 bits per heavy atom. The van der Waals surface area contributed by atoms with Crippen LogP contribution in [0.3, 0.4) is 0 Å². The van der Waals surface area contributed by atoms with Crippen LogP contribution >= 0.6 is 0 Å². The summed E-state index contributed by atoms with van der Waals surface area (Å²) in [7, 11) is 2.92. The van der Waals surface area contributed by atoms with Crippen LogP contribution in [0.4, 0.5) is 0 Å². The summed E-state index contributed by atoms with van der Waals surface area (Å²) in [6.45, 7) is 1.71. The van der Waals surface area contributed by atoms with Gasteiger partial charge in [-0.15, -0.1) is 0 Å². The Kier molecular flexibility index (Phi) is 6.92. The molecule has 2 saturated carbocycles. The number of aliphatic hydroxyl groups excluding tert-OH is 1. The van der Waals surface area contributed by atoms with Crippen LogP contribution in [0.25, 0.3) is 22.3 Å². The minimum Gasteiger partial charge on any atom is -0.507 e. The molecule has 3 aliphatic carbocycles. The van der Waals surface area contributed by atoms with E-state index in [1.54, 1.807) is 43.3 Å². The van der Waals surface area contributed by atoms with Crippen molar-refractivity contribution in [2.24, 2.45) is 29.4 Å². The maximum Gasteiger partial charge on any atom is 0.235 e. The van der Waals surface area contributed by atoms with Crippen LogP contribution in [0.15, 0.2) is 66.7 Å². The van der Waals surface area contributed by atoms with Gasteiger partial charge >= 0.3 is 0 Å². The van der Waals surface area contributed by atoms with Gasteiger partial charge in [0.15, 0.2) is 34.7 Å². The Labute approximate surface area is 253 Å². The van der Waals surface area contributed by atoms with Crippen molar-refractivity contribution >= 4 is 29.0 Å². The molecule has 2 fully saturated rings. The number of phenolic OH excluding ortho intramolecular Hbond substituents is 1. The fourth-order valence-corrected chi connectivity index (χ4v) is 7.83. The third kappa shape index (κ3) is 3.88. The number of amides is 1. The van der Waals surface area contributed by atoms with E-state index in [4.69, 9.17) is 5.73 Å². The van der Waals surface area contributed by atoms with Gasteiger partial charge < -0.3 is 21.1 Å². The quantitative estimate of drug-likeness (QED) is 0.327. The first kappa shape index (κ1) is 29.6. The van der Waals surface area contributed by atoms with Crippen molar-refractivity contribution in [1.82, 2.24) is 4.90 Å². The lowest BCUT2D eigenvalue weighted by atomic mass is 9.49. The molecule has 44 heavy (non-hydrogen) atoms. The Balaban J connectivity index is 1.62. The Morgan fingerprint density at radius 3 is 1.95 bits per heavy atom. The molecule has 0 bridgehead atoms. The van der Waals surface area contributed by atoms with Gasteiger partial charge in [0.05, 0.1) is 29.5 Å². The van der Waals surface area contributed by atoms with Crippen molar-refractivity contribution in [3.8, 4) is 28.0 Å². The summed E-state index contributed by atoms with van der Waals surface area (Å²) in [5.41, 5.74) is 4.88. The molecule has 2 unspecified atom stereocenters. The van der Waals surface area contributed by atoms with Gasteiger partial charge in [0.1, 0.15) is 5.75 Å². The zero-order valence-electron chi connectivity index (χ0n) is 24.3. The molecule has 0 saturated heterocycles. The zero-order valence-corrected chi connectivity index (χ0v) is 24.3. The molecule has 0 heterocycles. The molecular formula is C34H32N2O8. The highest BCUT2D eigenvalue weighted by Gasteiger charge is 2.73. The Bertz CT molecular complexity index is 1740. The van der Waals surface area contributed by atoms with Crippen molar-refractivity contribution in [3.63, 3.8) is 0 Å². The summed E-state index contributed by atoms with van der Waals surface area (Å²) >= 11 is 0. The van der Waals surface area contributed by atoms with Crippen LogP contribution in [0.1, 0.15) is 28.8 Å². The maximum atomic E-state index is 14.5. The first-order valence-corrected chi connectivity index (χ1v) is 14.4. The molecule has 10 nitrogen and oxygen atoms in total. The molecule has 0 aromatic heterocycles. The SMILES string of the molecule is C[C@@H]1c2c(-c3ccccc3)cc(-c3ccccc3)c(O)c2C(=O)C2C(=O)[C@@]3(O)C(=O)C(C(N)=O)C(=O)[C@H](N(C)C)[C@H]3[C@H](O)[C@H]21. The number of fused-ring (bicyclic) bond motifs is 3. The van der Waals surface area contributed by atoms with E-state index in [9.17, 15) is 39.3 Å². The minimum atomic E-state index is -3.05. The van der Waals surface area contributed by atoms with E-state index in [-0.39, 0.29) is 11.3 Å². The molecule has 8 atom stereocenters. The van der Waals surface area contributed by atoms with Crippen molar-refractivity contribution in [2.75, 3.05) is 14.1 Å². The summed E-state index contributed by atoms with van der Waals surface area (Å²) in [5, 5.41) is 35.6. The van der Waals surface area contributed by atoms with Crippen LogP contribution in [-0.4, -0.2) is 81.1 Å². The van der Waals surface area contributed by atoms with E-state index >= 15 is 0 Å². The Hall–Kier alpha value is -4.51. The number of carbonyl (C=O) groups excluding carboxylic acids is 5. The number of nitrogens with two attached hydrogens (primary N) is 1. The molecular weight excluding hydrogens is 564 g/mol. The van der Waals surface area contributed by atoms with Crippen molar-refractivity contribution in [2.45, 2.75) is 30.6 Å². The van der Waals surface area contributed by atoms with E-state index in [0.717, 1.165) is 5.56 Å². The van der Waals surface area contributed by atoms with E-state index < -0.39 is 76.4 Å². The topological polar surface area (TPSA) is 175 Å². The second kappa shape index (κ2) is 10.3. The number of Topliss-reactive ketones (excluding diaryl/α,β-unsaturated/α-hetero) is 4. The molecule has 6 rings (SSSR count). The molecule has 3 aromatic carbocycles. The van der Waals surface area contributed by atoms with Crippen molar-refractivity contribution in [3.05, 3.63) is 77.9 Å². The molecule has 0 aliphatic heterocycles. The molecule has 3 aromatic rings. The summed E-state index contributed by atoms with van der Waals surface area (Å²) in [6, 6.07) is 18.4. The van der Waals surface area contributed by atoms with E-state index in [1.165, 1.54) is 19.0 Å². The van der Waals surface area contributed by atoms with E-state index in [1.807, 2.05) is 30.3 Å². The molecule has 3 aliphatic rings. The van der Waals surface area contributed by atoms with Crippen molar-refractivity contribution < 1.29 is 39.3 Å². The summed E-state index contributed by atoms with van der Waals surface area (Å²) in [5.74, 6) is -13.7. The third-order valence-electron chi connectivity index (χ3n) is 9.75. The predicted molar refractivity (Wildman–Crippen MR) is 158 cm³/mol. The van der Waals surface area contributed by atoms with Gasteiger partial charge in [-0.1, -0.05) is 67.6 Å². The molecule has 5 N–H and O–H groups in total. The smallest absolute Gasteiger partial charge is 0.235 e. The van der Waals surface area contributed by atoms with Gasteiger partial charge in [-0.05, 0) is 48.3 Å². The average molecular weight is 597 g/mol. The highest BCUT2D eigenvalue weighted by atomic mass is 16.3. The van der Waals surface area contributed by atoms with Gasteiger partial charge in [-0.3, -0.25) is 28.9 Å². The molecule has 10 heteroatoms. The number of aliphatic hydroxyl groups is 2. The number of phenols is 1. The Morgan fingerprint density at radius 1 is 0.886 bits per heavy atom. The number of ketones is 4. The number of hydrogen-bond acceptors (Lipinski definition) is 9. The maximum absolute atomic E-state index is 14.5. The average Bonchev–Trinajstić information content (AvgIpc) is 2.99. The van der Waals surface area contributed by atoms with Crippen molar-refractivity contribution in [1.29, 1.82) is 0 Å². The molecule has 0 spiro atoms. The number of carbonyl (C=O) groups is 5. The largest absolute Gasteiger partial charge is 0.507 e. The number of primary amides is 1. The number of rotatable bonds is 4. The first-order valence-electron chi connectivity index (χ1n) is 14.4. The lowest BCUT2D eigenvalue weighted by molar-refractivity contribution is -0.196. The van der Waals surface area contributed by atoms with Crippen LogP contribution in [-0.2, 0) is 19.2 Å². The minimum absolute atomic E-state index is 0.142. The second-order valence-corrected chi connectivity index (χ2v) is 12.2. The summed E-state index contributed by atoms with van der Waals surface area (Å²) in [6.07, 6.45) is -1.71. The third-order valence-corrected chi connectivity index (χ3v) is 9.75. The molecule has 0 radical (unpaired) electrons. The normalized spacial score (nSPS) is 31.4. The first-order chi connectivity index (χ1) is 20.8. The fraction of sp³-hybridized carbons (Fsp3) is 0.324. The van der Waals surface area contributed by atoms with Crippen LogP contribution in [0.5, 0.6) is 5.75 Å². The van der Waals surface area contributed by atoms with Gasteiger partial charge in [0, 0.05) is 11.5 Å². The number of likely N-dealkylation sites (N-methyl/N-ethyl adjacent to an activating group) is 1. The van der Waals surface area contributed by atoms with Gasteiger partial charge in [-0.25, -0.2) is 0 Å². The lowest BCUT2D eigenvalue weighted by Gasteiger charge is -2.56. The lowest BCUT2D eigenvalue weighted by Crippen LogP contribution is -2.77. The molecule has 226 valence electrons. The highest BCUT2D eigenvalue weighted by Crippen LogP contribution is 2.57. The van der Waals surface area contributed by atoms with E-state index in [0.29, 0.717) is 22.3 Å².